The van der Waals surface area contributed by atoms with Gasteiger partial charge in [-0.2, -0.15) is 0 Å². The van der Waals surface area contributed by atoms with Crippen molar-refractivity contribution in [3.05, 3.63) is 34.9 Å². The van der Waals surface area contributed by atoms with Crippen LogP contribution in [0.15, 0.2) is 18.2 Å². The van der Waals surface area contributed by atoms with E-state index in [1.165, 1.54) is 16.7 Å². The topological polar surface area (TPSA) is 41.5 Å². The van der Waals surface area contributed by atoms with Crippen LogP contribution in [0.4, 0.5) is 0 Å². The molecule has 2 rings (SSSR count). The van der Waals surface area contributed by atoms with E-state index in [4.69, 9.17) is 4.74 Å². The van der Waals surface area contributed by atoms with Crippen LogP contribution < -0.4 is 5.32 Å². The van der Waals surface area contributed by atoms with E-state index < -0.39 is 5.60 Å². The van der Waals surface area contributed by atoms with E-state index in [0.717, 1.165) is 6.54 Å². The van der Waals surface area contributed by atoms with Gasteiger partial charge < -0.3 is 15.2 Å². The number of hydrogen-bond donors (Lipinski definition) is 2. The Morgan fingerprint density at radius 1 is 1.44 bits per heavy atom. The maximum absolute atomic E-state index is 10.4. The molecule has 0 radical (unpaired) electrons. The van der Waals surface area contributed by atoms with Gasteiger partial charge >= 0.3 is 0 Å². The van der Waals surface area contributed by atoms with Gasteiger partial charge in [0.05, 0.1) is 6.10 Å². The normalized spacial score (nSPS) is 27.7. The van der Waals surface area contributed by atoms with Crippen LogP contribution in [0, 0.1) is 13.8 Å². The number of ether oxygens (including phenoxy) is 1. The molecule has 0 aliphatic carbocycles. The molecule has 1 aromatic carbocycles. The Hall–Kier alpha value is -0.900. The molecule has 2 unspecified atom stereocenters. The van der Waals surface area contributed by atoms with Gasteiger partial charge in [0.1, 0.15) is 5.60 Å². The van der Waals surface area contributed by atoms with Crippen molar-refractivity contribution in [2.45, 2.75) is 45.4 Å². The van der Waals surface area contributed by atoms with Crippen LogP contribution >= 0.6 is 0 Å². The second kappa shape index (κ2) is 5.39. The van der Waals surface area contributed by atoms with Crippen molar-refractivity contribution in [3.8, 4) is 0 Å². The van der Waals surface area contributed by atoms with E-state index in [9.17, 15) is 5.11 Å². The minimum atomic E-state index is -0.711. The number of nitrogens with one attached hydrogen (secondary N) is 1. The molecule has 3 heteroatoms. The highest BCUT2D eigenvalue weighted by atomic mass is 16.5. The molecule has 1 saturated heterocycles. The molecule has 1 fully saturated rings. The molecule has 0 saturated carbocycles. The van der Waals surface area contributed by atoms with Gasteiger partial charge in [-0.1, -0.05) is 18.2 Å². The Balaban J connectivity index is 1.91. The summed E-state index contributed by atoms with van der Waals surface area (Å²) in [6.07, 6.45) is 0.636. The highest BCUT2D eigenvalue weighted by molar-refractivity contribution is 5.32. The molecular weight excluding hydrogens is 226 g/mol. The van der Waals surface area contributed by atoms with Gasteiger partial charge in [-0.15, -0.1) is 0 Å². The summed E-state index contributed by atoms with van der Waals surface area (Å²) in [6.45, 7) is 8.24. The smallest absolute Gasteiger partial charge is 0.105 e. The van der Waals surface area contributed by atoms with Crippen molar-refractivity contribution in [1.29, 1.82) is 0 Å². The predicted octanol–water partition coefficient (Wildman–Crippen LogP) is 1.93. The zero-order chi connectivity index (χ0) is 13.2. The summed E-state index contributed by atoms with van der Waals surface area (Å²) in [5.41, 5.74) is 3.22. The number of aryl methyl sites for hydroxylation is 1. The molecule has 0 bridgehead atoms. The number of hydrogen-bond acceptors (Lipinski definition) is 3. The van der Waals surface area contributed by atoms with Crippen molar-refractivity contribution in [2.24, 2.45) is 0 Å². The highest BCUT2D eigenvalue weighted by Crippen LogP contribution is 2.24. The lowest BCUT2D eigenvalue weighted by Gasteiger charge is -2.26. The highest BCUT2D eigenvalue weighted by Gasteiger charge is 2.38. The molecule has 18 heavy (non-hydrogen) atoms. The Bertz CT molecular complexity index is 419. The van der Waals surface area contributed by atoms with Crippen LogP contribution in [0.3, 0.4) is 0 Å². The molecule has 1 aromatic rings. The maximum Gasteiger partial charge on any atom is 0.105 e. The van der Waals surface area contributed by atoms with Crippen LogP contribution in [-0.4, -0.2) is 30.0 Å². The molecule has 0 amide bonds. The summed E-state index contributed by atoms with van der Waals surface area (Å²) in [6, 6.07) is 6.34. The first-order valence-electron chi connectivity index (χ1n) is 6.63. The second-order valence-corrected chi connectivity index (χ2v) is 5.33. The van der Waals surface area contributed by atoms with Gasteiger partial charge in [0.25, 0.3) is 0 Å². The number of aliphatic hydroxyl groups is 1. The van der Waals surface area contributed by atoms with Gasteiger partial charge in [-0.25, -0.2) is 0 Å². The summed E-state index contributed by atoms with van der Waals surface area (Å²) in [7, 11) is 0. The van der Waals surface area contributed by atoms with Crippen molar-refractivity contribution >= 4 is 0 Å². The number of rotatable bonds is 4. The van der Waals surface area contributed by atoms with Crippen LogP contribution in [0.2, 0.25) is 0 Å². The first-order valence-corrected chi connectivity index (χ1v) is 6.63. The molecule has 1 aliphatic heterocycles. The fourth-order valence-electron chi connectivity index (χ4n) is 2.42. The van der Waals surface area contributed by atoms with Crippen molar-refractivity contribution in [3.63, 3.8) is 0 Å². The third kappa shape index (κ3) is 2.74. The summed E-state index contributed by atoms with van der Waals surface area (Å²) in [5.74, 6) is 0. The zero-order valence-electron chi connectivity index (χ0n) is 11.5. The Labute approximate surface area is 109 Å². The Morgan fingerprint density at radius 3 is 2.89 bits per heavy atom. The molecule has 1 heterocycles. The average Bonchev–Trinajstić information content (AvgIpc) is 2.65. The molecule has 0 spiro atoms. The van der Waals surface area contributed by atoms with Gasteiger partial charge in [-0.3, -0.25) is 0 Å². The first-order chi connectivity index (χ1) is 8.53. The van der Waals surface area contributed by atoms with E-state index in [2.05, 4.69) is 37.4 Å². The molecular formula is C15H23NO2. The van der Waals surface area contributed by atoms with E-state index in [0.29, 0.717) is 19.6 Å². The summed E-state index contributed by atoms with van der Waals surface area (Å²) < 4.78 is 5.42. The lowest BCUT2D eigenvalue weighted by atomic mass is 9.96. The standard InChI is InChI=1S/C15H23NO2/c1-11-5-4-6-14(12(11)2)9-16-10-15(17)7-8-18-13(15)3/h4-6,13,16-17H,7-10H2,1-3H3. The lowest BCUT2D eigenvalue weighted by Crippen LogP contribution is -2.45. The average molecular weight is 249 g/mol. The summed E-state index contributed by atoms with van der Waals surface area (Å²) in [4.78, 5) is 0. The van der Waals surface area contributed by atoms with Gasteiger partial charge in [0.15, 0.2) is 0 Å². The second-order valence-electron chi connectivity index (χ2n) is 5.33. The predicted molar refractivity (Wildman–Crippen MR) is 72.6 cm³/mol. The molecule has 0 aromatic heterocycles. The minimum Gasteiger partial charge on any atom is -0.386 e. The van der Waals surface area contributed by atoms with Gasteiger partial charge in [0.2, 0.25) is 0 Å². The molecule has 2 atom stereocenters. The minimum absolute atomic E-state index is 0.0800. The third-order valence-corrected chi connectivity index (χ3v) is 4.12. The van der Waals surface area contributed by atoms with E-state index in [-0.39, 0.29) is 6.10 Å². The first kappa shape index (κ1) is 13.5. The number of benzene rings is 1. The molecule has 2 N–H and O–H groups in total. The molecule has 1 aliphatic rings. The van der Waals surface area contributed by atoms with Crippen molar-refractivity contribution < 1.29 is 9.84 Å². The van der Waals surface area contributed by atoms with Gasteiger partial charge in [-0.05, 0) is 37.5 Å². The quantitative estimate of drug-likeness (QED) is 0.857. The zero-order valence-corrected chi connectivity index (χ0v) is 11.5. The van der Waals surface area contributed by atoms with Crippen molar-refractivity contribution in [2.75, 3.05) is 13.2 Å². The molecule has 3 nitrogen and oxygen atoms in total. The van der Waals surface area contributed by atoms with Crippen LogP contribution in [-0.2, 0) is 11.3 Å². The summed E-state index contributed by atoms with van der Waals surface area (Å²) >= 11 is 0. The largest absolute Gasteiger partial charge is 0.386 e. The van der Waals surface area contributed by atoms with E-state index >= 15 is 0 Å². The Kier molecular flexibility index (Phi) is 4.05. The van der Waals surface area contributed by atoms with Crippen LogP contribution in [0.5, 0.6) is 0 Å². The van der Waals surface area contributed by atoms with Crippen molar-refractivity contribution in [1.82, 2.24) is 5.32 Å². The van der Waals surface area contributed by atoms with E-state index in [1.807, 2.05) is 6.92 Å². The fraction of sp³-hybridized carbons (Fsp3) is 0.600. The lowest BCUT2D eigenvalue weighted by molar-refractivity contribution is -0.0263. The molecule has 100 valence electrons. The van der Waals surface area contributed by atoms with Crippen LogP contribution in [0.1, 0.15) is 30.0 Å². The third-order valence-electron chi connectivity index (χ3n) is 4.12. The summed E-state index contributed by atoms with van der Waals surface area (Å²) in [5, 5.41) is 13.7. The van der Waals surface area contributed by atoms with Crippen LogP contribution in [0.25, 0.3) is 0 Å². The van der Waals surface area contributed by atoms with Gasteiger partial charge in [0, 0.05) is 26.1 Å². The fourth-order valence-corrected chi connectivity index (χ4v) is 2.42. The monoisotopic (exact) mass is 249 g/mol. The maximum atomic E-state index is 10.4. The van der Waals surface area contributed by atoms with E-state index in [1.54, 1.807) is 0 Å². The Morgan fingerprint density at radius 2 is 2.22 bits per heavy atom. The SMILES string of the molecule is Cc1cccc(CNCC2(O)CCOC2C)c1C.